The summed E-state index contributed by atoms with van der Waals surface area (Å²) in [4.78, 5) is 37.1. The Morgan fingerprint density at radius 3 is 2.83 bits per heavy atom. The molecule has 23 heavy (non-hydrogen) atoms. The smallest absolute Gasteiger partial charge is 0.328 e. The lowest BCUT2D eigenvalue weighted by Gasteiger charge is -2.22. The van der Waals surface area contributed by atoms with Gasteiger partial charge in [0.05, 0.1) is 13.3 Å². The van der Waals surface area contributed by atoms with Gasteiger partial charge < -0.3 is 15.0 Å². The van der Waals surface area contributed by atoms with Crippen LogP contribution in [-0.4, -0.2) is 57.4 Å². The molecule has 0 radical (unpaired) electrons. The number of rotatable bonds is 5. The van der Waals surface area contributed by atoms with Gasteiger partial charge in [-0.15, -0.1) is 5.10 Å². The van der Waals surface area contributed by atoms with E-state index < -0.39 is 12.0 Å². The Labute approximate surface area is 134 Å². The van der Waals surface area contributed by atoms with Crippen LogP contribution in [0.2, 0.25) is 0 Å². The summed E-state index contributed by atoms with van der Waals surface area (Å²) in [6, 6.07) is -0.531. The van der Waals surface area contributed by atoms with E-state index in [2.05, 4.69) is 15.6 Å². The van der Waals surface area contributed by atoms with Crippen LogP contribution >= 0.6 is 0 Å². The van der Waals surface area contributed by atoms with E-state index in [-0.39, 0.29) is 24.3 Å². The third-order valence-corrected chi connectivity index (χ3v) is 3.66. The summed E-state index contributed by atoms with van der Waals surface area (Å²) in [5, 5.41) is 10.2. The number of amides is 2. The third-order valence-electron chi connectivity index (χ3n) is 3.66. The van der Waals surface area contributed by atoms with Crippen molar-refractivity contribution in [1.29, 1.82) is 0 Å². The molecule has 2 amide bonds. The number of hydrogen-bond donors (Lipinski definition) is 1. The molecule has 9 heteroatoms. The molecular weight excluding hydrogens is 302 g/mol. The van der Waals surface area contributed by atoms with E-state index in [4.69, 9.17) is 4.74 Å². The minimum atomic E-state index is -0.531. The first-order valence-corrected chi connectivity index (χ1v) is 7.50. The molecule has 9 nitrogen and oxygen atoms in total. The molecule has 2 rings (SSSR count). The summed E-state index contributed by atoms with van der Waals surface area (Å²) in [5.74, 6) is -0.688. The Morgan fingerprint density at radius 1 is 1.43 bits per heavy atom. The highest BCUT2D eigenvalue weighted by Crippen LogP contribution is 2.19. The van der Waals surface area contributed by atoms with Gasteiger partial charge in [-0.05, 0) is 12.8 Å². The van der Waals surface area contributed by atoms with Crippen LogP contribution in [-0.2, 0) is 25.7 Å². The Hall–Kier alpha value is -2.45. The number of methoxy groups -OCH3 is 1. The number of carbonyl (C=O) groups is 3. The maximum absolute atomic E-state index is 12.3. The van der Waals surface area contributed by atoms with Crippen LogP contribution < -0.4 is 5.32 Å². The van der Waals surface area contributed by atoms with Crippen molar-refractivity contribution in [2.75, 3.05) is 19.0 Å². The maximum atomic E-state index is 12.3. The fraction of sp³-hybridized carbons (Fsp3) is 0.643. The molecule has 0 aromatic carbocycles. The first kappa shape index (κ1) is 16.9. The van der Waals surface area contributed by atoms with Gasteiger partial charge in [-0.3, -0.25) is 9.59 Å². The van der Waals surface area contributed by atoms with Gasteiger partial charge in [0, 0.05) is 12.5 Å². The van der Waals surface area contributed by atoms with Crippen molar-refractivity contribution >= 4 is 23.6 Å². The van der Waals surface area contributed by atoms with Crippen molar-refractivity contribution < 1.29 is 19.1 Å². The van der Waals surface area contributed by atoms with Crippen LogP contribution in [0.1, 0.15) is 26.7 Å². The standard InChI is InChI=1S/C14H21N5O4/c1-9(2)13(21)15-11-7-18(17-16-11)8-12(20)19-6-4-5-10(19)14(22)23-3/h7,9-10H,4-6,8H2,1-3H3,(H,15,21). The zero-order valence-corrected chi connectivity index (χ0v) is 13.5. The van der Waals surface area contributed by atoms with E-state index in [0.29, 0.717) is 18.8 Å². The van der Waals surface area contributed by atoms with E-state index in [1.54, 1.807) is 13.8 Å². The maximum Gasteiger partial charge on any atom is 0.328 e. The highest BCUT2D eigenvalue weighted by Gasteiger charge is 2.34. The fourth-order valence-corrected chi connectivity index (χ4v) is 2.38. The largest absolute Gasteiger partial charge is 0.467 e. The van der Waals surface area contributed by atoms with Gasteiger partial charge in [-0.25, -0.2) is 9.48 Å². The van der Waals surface area contributed by atoms with Gasteiger partial charge in [0.25, 0.3) is 0 Å². The van der Waals surface area contributed by atoms with Crippen molar-refractivity contribution in [2.24, 2.45) is 5.92 Å². The fourth-order valence-electron chi connectivity index (χ4n) is 2.38. The van der Waals surface area contributed by atoms with E-state index >= 15 is 0 Å². The average Bonchev–Trinajstić information content (AvgIpc) is 3.15. The molecule has 0 saturated carbocycles. The zero-order valence-electron chi connectivity index (χ0n) is 13.5. The lowest BCUT2D eigenvalue weighted by atomic mass is 10.2. The van der Waals surface area contributed by atoms with Crippen molar-refractivity contribution in [1.82, 2.24) is 19.9 Å². The normalized spacial score (nSPS) is 17.4. The topological polar surface area (TPSA) is 106 Å². The highest BCUT2D eigenvalue weighted by atomic mass is 16.5. The number of aromatic nitrogens is 3. The first-order chi connectivity index (χ1) is 10.9. The molecular formula is C14H21N5O4. The minimum Gasteiger partial charge on any atom is -0.467 e. The molecule has 1 aromatic heterocycles. The van der Waals surface area contributed by atoms with E-state index in [0.717, 1.165) is 6.42 Å². The molecule has 1 aliphatic heterocycles. The number of nitrogens with zero attached hydrogens (tertiary/aromatic N) is 4. The Morgan fingerprint density at radius 2 is 2.17 bits per heavy atom. The van der Waals surface area contributed by atoms with Crippen molar-refractivity contribution in [3.8, 4) is 0 Å². The summed E-state index contributed by atoms with van der Waals surface area (Å²) < 4.78 is 6.06. The molecule has 0 spiro atoms. The summed E-state index contributed by atoms with van der Waals surface area (Å²) in [7, 11) is 1.31. The number of esters is 1. The van der Waals surface area contributed by atoms with Crippen LogP contribution in [0.25, 0.3) is 0 Å². The molecule has 1 fully saturated rings. The molecule has 2 heterocycles. The van der Waals surface area contributed by atoms with E-state index in [9.17, 15) is 14.4 Å². The Balaban J connectivity index is 1.96. The summed E-state index contributed by atoms with van der Waals surface area (Å²) >= 11 is 0. The van der Waals surface area contributed by atoms with Crippen molar-refractivity contribution in [3.63, 3.8) is 0 Å². The number of likely N-dealkylation sites (tertiary alicyclic amines) is 1. The molecule has 0 aliphatic carbocycles. The van der Waals surface area contributed by atoms with Gasteiger partial charge >= 0.3 is 5.97 Å². The van der Waals surface area contributed by atoms with Gasteiger partial charge in [0.15, 0.2) is 5.82 Å². The number of anilines is 1. The van der Waals surface area contributed by atoms with Gasteiger partial charge in [-0.1, -0.05) is 19.1 Å². The monoisotopic (exact) mass is 323 g/mol. The van der Waals surface area contributed by atoms with Gasteiger partial charge in [0.2, 0.25) is 11.8 Å². The van der Waals surface area contributed by atoms with Crippen LogP contribution in [0.5, 0.6) is 0 Å². The predicted molar refractivity (Wildman–Crippen MR) is 80.2 cm³/mol. The molecule has 1 aromatic rings. The number of ether oxygens (including phenoxy) is 1. The summed E-state index contributed by atoms with van der Waals surface area (Å²) in [5.41, 5.74) is 0. The van der Waals surface area contributed by atoms with Crippen LogP contribution in [0, 0.1) is 5.92 Å². The molecule has 1 N–H and O–H groups in total. The predicted octanol–water partition coefficient (Wildman–Crippen LogP) is 0.0366. The van der Waals surface area contributed by atoms with E-state index in [1.807, 2.05) is 0 Å². The molecule has 1 atom stereocenters. The second-order valence-corrected chi connectivity index (χ2v) is 5.71. The molecule has 1 unspecified atom stereocenters. The SMILES string of the molecule is COC(=O)C1CCCN1C(=O)Cn1cc(NC(=O)C(C)C)nn1. The molecule has 1 aliphatic rings. The zero-order chi connectivity index (χ0) is 17.0. The second kappa shape index (κ2) is 7.21. The van der Waals surface area contributed by atoms with Gasteiger partial charge in [-0.2, -0.15) is 0 Å². The van der Waals surface area contributed by atoms with Crippen molar-refractivity contribution in [3.05, 3.63) is 6.20 Å². The quantitative estimate of drug-likeness (QED) is 0.767. The molecule has 1 saturated heterocycles. The van der Waals surface area contributed by atoms with Crippen LogP contribution in [0.3, 0.4) is 0 Å². The minimum absolute atomic E-state index is 0.0436. The summed E-state index contributed by atoms with van der Waals surface area (Å²) in [6.45, 7) is 4.01. The summed E-state index contributed by atoms with van der Waals surface area (Å²) in [6.07, 6.45) is 2.85. The highest BCUT2D eigenvalue weighted by molar-refractivity contribution is 5.91. The molecule has 0 bridgehead atoms. The number of hydrogen-bond acceptors (Lipinski definition) is 6. The first-order valence-electron chi connectivity index (χ1n) is 7.50. The second-order valence-electron chi connectivity index (χ2n) is 5.71. The average molecular weight is 323 g/mol. The molecule has 126 valence electrons. The number of nitrogens with one attached hydrogen (secondary N) is 1. The number of carbonyl (C=O) groups excluding carboxylic acids is 3. The Kier molecular flexibility index (Phi) is 5.30. The van der Waals surface area contributed by atoms with Crippen LogP contribution in [0.4, 0.5) is 5.82 Å². The lowest BCUT2D eigenvalue weighted by molar-refractivity contribution is -0.151. The van der Waals surface area contributed by atoms with Crippen molar-refractivity contribution in [2.45, 2.75) is 39.3 Å². The van der Waals surface area contributed by atoms with E-state index in [1.165, 1.54) is 22.9 Å². The van der Waals surface area contributed by atoms with Crippen LogP contribution in [0.15, 0.2) is 6.20 Å². The van der Waals surface area contributed by atoms with Gasteiger partial charge in [0.1, 0.15) is 12.6 Å². The lowest BCUT2D eigenvalue weighted by Crippen LogP contribution is -2.42. The third kappa shape index (κ3) is 4.05. The Bertz CT molecular complexity index is 598.